The predicted molar refractivity (Wildman–Crippen MR) is 79.2 cm³/mol. The van der Waals surface area contributed by atoms with E-state index in [0.717, 1.165) is 30.2 Å². The maximum absolute atomic E-state index is 12.0. The van der Waals surface area contributed by atoms with Gasteiger partial charge in [0.2, 0.25) is 5.76 Å². The van der Waals surface area contributed by atoms with Gasteiger partial charge in [-0.15, -0.1) is 0 Å². The van der Waals surface area contributed by atoms with Crippen molar-refractivity contribution in [1.29, 1.82) is 0 Å². The number of hydrogen-bond acceptors (Lipinski definition) is 6. The summed E-state index contributed by atoms with van der Waals surface area (Å²) in [5.41, 5.74) is 1.08. The van der Waals surface area contributed by atoms with Crippen LogP contribution in [0.1, 0.15) is 22.2 Å². The van der Waals surface area contributed by atoms with Gasteiger partial charge in [0, 0.05) is 42.8 Å². The van der Waals surface area contributed by atoms with Crippen molar-refractivity contribution in [1.82, 2.24) is 15.4 Å². The molecule has 2 aromatic rings. The summed E-state index contributed by atoms with van der Waals surface area (Å²) in [4.78, 5) is 14.3. The topological polar surface area (TPSA) is 71.5 Å². The van der Waals surface area contributed by atoms with Gasteiger partial charge in [-0.05, 0) is 6.07 Å². The summed E-state index contributed by atoms with van der Waals surface area (Å²) < 4.78 is 10.1. The Hall–Kier alpha value is -1.73. The number of hydrogen-bond donors (Lipinski definition) is 1. The van der Waals surface area contributed by atoms with Gasteiger partial charge in [0.25, 0.3) is 5.91 Å². The van der Waals surface area contributed by atoms with Crippen molar-refractivity contribution < 1.29 is 13.7 Å². The monoisotopic (exact) mass is 307 g/mol. The molecule has 3 heterocycles. The van der Waals surface area contributed by atoms with Gasteiger partial charge in [-0.25, -0.2) is 0 Å². The molecule has 1 N–H and O–H groups in total. The molecule has 21 heavy (non-hydrogen) atoms. The lowest BCUT2D eigenvalue weighted by atomic mass is 10.1. The third-order valence-electron chi connectivity index (χ3n) is 3.53. The number of furan rings is 1. The first kappa shape index (κ1) is 14.2. The van der Waals surface area contributed by atoms with E-state index < -0.39 is 0 Å². The van der Waals surface area contributed by atoms with Crippen LogP contribution < -0.4 is 5.32 Å². The van der Waals surface area contributed by atoms with Crippen molar-refractivity contribution in [3.8, 4) is 0 Å². The van der Waals surface area contributed by atoms with E-state index in [1.807, 2.05) is 17.8 Å². The number of nitrogens with one attached hydrogen (secondary N) is 1. The van der Waals surface area contributed by atoms with Crippen LogP contribution in [0.15, 0.2) is 39.8 Å². The smallest absolute Gasteiger partial charge is 0.289 e. The van der Waals surface area contributed by atoms with Gasteiger partial charge >= 0.3 is 0 Å². The summed E-state index contributed by atoms with van der Waals surface area (Å²) in [7, 11) is 0. The molecule has 2 aromatic heterocycles. The standard InChI is InChI=1S/C14H17N3O3S/c18-14(13-1-3-16-20-13)15-9-12(11-2-6-19-10-11)17-4-7-21-8-5-17/h1-3,6,10,12H,4-5,7-9H2,(H,15,18). The second-order valence-corrected chi connectivity index (χ2v) is 6.03. The van der Waals surface area contributed by atoms with Crippen LogP contribution in [-0.4, -0.2) is 47.1 Å². The van der Waals surface area contributed by atoms with Crippen LogP contribution in [0.2, 0.25) is 0 Å². The fourth-order valence-corrected chi connectivity index (χ4v) is 3.35. The predicted octanol–water partition coefficient (Wildman–Crippen LogP) is 1.79. The molecule has 1 saturated heterocycles. The molecule has 112 valence electrons. The van der Waals surface area contributed by atoms with Gasteiger partial charge in [0.15, 0.2) is 0 Å². The fourth-order valence-electron chi connectivity index (χ4n) is 2.42. The van der Waals surface area contributed by atoms with Crippen LogP contribution in [0.4, 0.5) is 0 Å². The highest BCUT2D eigenvalue weighted by molar-refractivity contribution is 7.99. The van der Waals surface area contributed by atoms with E-state index >= 15 is 0 Å². The number of nitrogens with zero attached hydrogens (tertiary/aromatic N) is 2. The van der Waals surface area contributed by atoms with Crippen molar-refractivity contribution in [3.63, 3.8) is 0 Å². The molecule has 1 fully saturated rings. The minimum Gasteiger partial charge on any atom is -0.472 e. The number of thioether (sulfide) groups is 1. The SMILES string of the molecule is O=C(NCC(c1ccoc1)N1CCSCC1)c1ccno1. The minimum absolute atomic E-state index is 0.122. The van der Waals surface area contributed by atoms with Crippen LogP contribution in [0.5, 0.6) is 0 Å². The van der Waals surface area contributed by atoms with Crippen molar-refractivity contribution >= 4 is 17.7 Å². The van der Waals surface area contributed by atoms with Crippen LogP contribution in [0.3, 0.4) is 0 Å². The number of carbonyl (C=O) groups excluding carboxylic acids is 1. The van der Waals surface area contributed by atoms with Gasteiger partial charge in [-0.3, -0.25) is 9.69 Å². The second-order valence-electron chi connectivity index (χ2n) is 4.81. The molecule has 1 amide bonds. The van der Waals surface area contributed by atoms with Crippen LogP contribution in [0.25, 0.3) is 0 Å². The summed E-state index contributed by atoms with van der Waals surface area (Å²) in [5.74, 6) is 2.22. The molecule has 0 radical (unpaired) electrons. The molecule has 0 saturated carbocycles. The highest BCUT2D eigenvalue weighted by atomic mass is 32.2. The van der Waals surface area contributed by atoms with Gasteiger partial charge in [-0.2, -0.15) is 11.8 Å². The van der Waals surface area contributed by atoms with E-state index in [2.05, 4.69) is 15.4 Å². The Kier molecular flexibility index (Phi) is 4.62. The lowest BCUT2D eigenvalue weighted by Crippen LogP contribution is -2.41. The molecular weight excluding hydrogens is 290 g/mol. The number of amides is 1. The lowest BCUT2D eigenvalue weighted by Gasteiger charge is -2.33. The molecule has 0 aromatic carbocycles. The summed E-state index contributed by atoms with van der Waals surface area (Å²) in [6, 6.07) is 3.63. The van der Waals surface area contributed by atoms with Crippen molar-refractivity contribution in [2.45, 2.75) is 6.04 Å². The first-order valence-electron chi connectivity index (χ1n) is 6.87. The second kappa shape index (κ2) is 6.82. The highest BCUT2D eigenvalue weighted by Gasteiger charge is 2.24. The highest BCUT2D eigenvalue weighted by Crippen LogP contribution is 2.24. The van der Waals surface area contributed by atoms with E-state index in [1.165, 1.54) is 6.20 Å². The zero-order valence-electron chi connectivity index (χ0n) is 11.5. The van der Waals surface area contributed by atoms with Gasteiger partial charge in [-0.1, -0.05) is 5.16 Å². The Morgan fingerprint density at radius 3 is 2.95 bits per heavy atom. The van der Waals surface area contributed by atoms with E-state index in [0.29, 0.717) is 6.54 Å². The fraction of sp³-hybridized carbons (Fsp3) is 0.429. The summed E-state index contributed by atoms with van der Waals surface area (Å²) in [6.07, 6.45) is 4.87. The zero-order chi connectivity index (χ0) is 14.5. The van der Waals surface area contributed by atoms with Gasteiger partial charge in [0.05, 0.1) is 24.8 Å². The van der Waals surface area contributed by atoms with Crippen molar-refractivity contribution in [2.75, 3.05) is 31.1 Å². The number of aromatic nitrogens is 1. The molecule has 0 aliphatic carbocycles. The molecule has 0 spiro atoms. The average molecular weight is 307 g/mol. The molecular formula is C14H17N3O3S. The Morgan fingerprint density at radius 1 is 1.43 bits per heavy atom. The third-order valence-corrected chi connectivity index (χ3v) is 4.47. The summed E-state index contributed by atoms with van der Waals surface area (Å²) >= 11 is 1.96. The van der Waals surface area contributed by atoms with Gasteiger partial charge in [0.1, 0.15) is 0 Å². The van der Waals surface area contributed by atoms with E-state index in [1.54, 1.807) is 18.6 Å². The molecule has 1 aliphatic rings. The minimum atomic E-state index is -0.243. The molecule has 0 bridgehead atoms. The third kappa shape index (κ3) is 3.48. The average Bonchev–Trinajstić information content (AvgIpc) is 3.22. The number of carbonyl (C=O) groups is 1. The number of rotatable bonds is 5. The van der Waals surface area contributed by atoms with Crippen LogP contribution >= 0.6 is 11.8 Å². The zero-order valence-corrected chi connectivity index (χ0v) is 12.3. The van der Waals surface area contributed by atoms with Crippen molar-refractivity contribution in [2.24, 2.45) is 0 Å². The normalized spacial score (nSPS) is 17.5. The Labute approximate surface area is 126 Å². The van der Waals surface area contributed by atoms with E-state index in [-0.39, 0.29) is 17.7 Å². The first-order valence-corrected chi connectivity index (χ1v) is 8.03. The molecule has 1 atom stereocenters. The molecule has 7 heteroatoms. The first-order chi connectivity index (χ1) is 10.3. The molecule has 3 rings (SSSR count). The maximum Gasteiger partial charge on any atom is 0.289 e. The Bertz CT molecular complexity index is 550. The summed E-state index contributed by atoms with van der Waals surface area (Å²) in [5, 5.41) is 6.45. The summed E-state index contributed by atoms with van der Waals surface area (Å²) in [6.45, 7) is 2.54. The molecule has 6 nitrogen and oxygen atoms in total. The Morgan fingerprint density at radius 2 is 2.29 bits per heavy atom. The van der Waals surface area contributed by atoms with Gasteiger partial charge < -0.3 is 14.3 Å². The quantitative estimate of drug-likeness (QED) is 0.908. The van der Waals surface area contributed by atoms with Crippen molar-refractivity contribution in [3.05, 3.63) is 42.2 Å². The van der Waals surface area contributed by atoms with Crippen LogP contribution in [0, 0.1) is 0 Å². The lowest BCUT2D eigenvalue weighted by molar-refractivity contribution is 0.0898. The maximum atomic E-state index is 12.0. The van der Waals surface area contributed by atoms with E-state index in [4.69, 9.17) is 8.94 Å². The Balaban J connectivity index is 1.66. The largest absolute Gasteiger partial charge is 0.472 e. The molecule has 1 aliphatic heterocycles. The molecule has 1 unspecified atom stereocenters. The van der Waals surface area contributed by atoms with E-state index in [9.17, 15) is 4.79 Å². The van der Waals surface area contributed by atoms with Crippen LogP contribution in [-0.2, 0) is 0 Å².